The molecule has 0 bridgehead atoms. The fourth-order valence-corrected chi connectivity index (χ4v) is 4.27. The normalized spacial score (nSPS) is 11.9. The number of amides is 1. The van der Waals surface area contributed by atoms with Gasteiger partial charge < -0.3 is 5.32 Å². The Hall–Kier alpha value is -2.34. The summed E-state index contributed by atoms with van der Waals surface area (Å²) in [4.78, 5) is 13.0. The first-order valence-electron chi connectivity index (χ1n) is 9.12. The number of carbonyl (C=O) groups is 1. The van der Waals surface area contributed by atoms with E-state index in [0.29, 0.717) is 28.7 Å². The Morgan fingerprint density at radius 1 is 0.889 bits per heavy atom. The van der Waals surface area contributed by atoms with Gasteiger partial charge in [-0.2, -0.15) is 0 Å². The first kappa shape index (κ1) is 21.0. The minimum absolute atomic E-state index is 0.0431. The molecule has 6 heteroatoms. The van der Waals surface area contributed by atoms with Crippen molar-refractivity contribution in [2.45, 2.75) is 45.6 Å². The topological polar surface area (TPSA) is 75.3 Å². The van der Waals surface area contributed by atoms with Gasteiger partial charge in [-0.05, 0) is 48.6 Å². The van der Waals surface area contributed by atoms with Crippen molar-refractivity contribution in [3.05, 3.63) is 59.7 Å². The van der Waals surface area contributed by atoms with Gasteiger partial charge in [0.2, 0.25) is 0 Å². The van der Waals surface area contributed by atoms with E-state index in [0.717, 1.165) is 0 Å². The van der Waals surface area contributed by atoms with Crippen molar-refractivity contribution < 1.29 is 13.2 Å². The molecule has 2 aromatic rings. The van der Waals surface area contributed by atoms with Crippen LogP contribution in [-0.4, -0.2) is 20.4 Å². The molecule has 0 aromatic heterocycles. The lowest BCUT2D eigenvalue weighted by atomic mass is 9.92. The van der Waals surface area contributed by atoms with Crippen LogP contribution in [0, 0.1) is 18.8 Å². The summed E-state index contributed by atoms with van der Waals surface area (Å²) in [7, 11) is -3.71. The Bertz CT molecular complexity index is 883. The second kappa shape index (κ2) is 8.57. The van der Waals surface area contributed by atoms with Crippen LogP contribution in [0.3, 0.4) is 0 Å². The van der Waals surface area contributed by atoms with Crippen LogP contribution in [0.15, 0.2) is 53.4 Å². The summed E-state index contributed by atoms with van der Waals surface area (Å²) in [6.07, 6.45) is 0. The molecule has 0 unspecified atom stereocenters. The largest absolute Gasteiger partial charge is 0.349 e. The zero-order valence-corrected chi connectivity index (χ0v) is 17.3. The van der Waals surface area contributed by atoms with Crippen molar-refractivity contribution >= 4 is 21.6 Å². The minimum Gasteiger partial charge on any atom is -0.349 e. The van der Waals surface area contributed by atoms with E-state index in [1.807, 2.05) is 0 Å². The molecule has 2 N–H and O–H groups in total. The lowest BCUT2D eigenvalue weighted by Gasteiger charge is -2.26. The monoisotopic (exact) mass is 388 g/mol. The molecule has 0 heterocycles. The van der Waals surface area contributed by atoms with Crippen LogP contribution in [0.4, 0.5) is 5.69 Å². The van der Waals surface area contributed by atoms with Gasteiger partial charge in [0.25, 0.3) is 15.9 Å². The Morgan fingerprint density at radius 2 is 1.48 bits per heavy atom. The number of rotatable bonds is 7. The first-order valence-corrected chi connectivity index (χ1v) is 10.6. The highest BCUT2D eigenvalue weighted by molar-refractivity contribution is 7.92. The SMILES string of the molecule is Cc1c(NS(=O)(=O)c2ccccc2)cccc1C(=O)NC(C(C)C)C(C)C. The van der Waals surface area contributed by atoms with Gasteiger partial charge >= 0.3 is 0 Å². The molecule has 0 saturated carbocycles. The van der Waals surface area contributed by atoms with Crippen molar-refractivity contribution in [1.29, 1.82) is 0 Å². The Kier molecular flexibility index (Phi) is 6.65. The average Bonchev–Trinajstić information content (AvgIpc) is 2.61. The second-order valence-corrected chi connectivity index (χ2v) is 9.07. The third-order valence-electron chi connectivity index (χ3n) is 4.61. The Labute approximate surface area is 162 Å². The highest BCUT2D eigenvalue weighted by Gasteiger charge is 2.22. The van der Waals surface area contributed by atoms with Gasteiger partial charge in [0.1, 0.15) is 0 Å². The number of anilines is 1. The van der Waals surface area contributed by atoms with Gasteiger partial charge in [0.15, 0.2) is 0 Å². The summed E-state index contributed by atoms with van der Waals surface area (Å²) in [5.41, 5.74) is 1.47. The molecule has 2 rings (SSSR count). The minimum atomic E-state index is -3.71. The lowest BCUT2D eigenvalue weighted by Crippen LogP contribution is -2.42. The van der Waals surface area contributed by atoms with Gasteiger partial charge in [0.05, 0.1) is 10.6 Å². The van der Waals surface area contributed by atoms with E-state index in [1.165, 1.54) is 12.1 Å². The predicted molar refractivity (Wildman–Crippen MR) is 109 cm³/mol. The molecule has 5 nitrogen and oxygen atoms in total. The van der Waals surface area contributed by atoms with Crippen LogP contribution >= 0.6 is 0 Å². The zero-order valence-electron chi connectivity index (χ0n) is 16.5. The fraction of sp³-hybridized carbons (Fsp3) is 0.381. The lowest BCUT2D eigenvalue weighted by molar-refractivity contribution is 0.0910. The molecule has 2 aromatic carbocycles. The molecule has 27 heavy (non-hydrogen) atoms. The number of hydrogen-bond acceptors (Lipinski definition) is 3. The maximum atomic E-state index is 12.8. The van der Waals surface area contributed by atoms with Gasteiger partial charge in [-0.3, -0.25) is 9.52 Å². The van der Waals surface area contributed by atoms with E-state index in [-0.39, 0.29) is 16.8 Å². The van der Waals surface area contributed by atoms with Gasteiger partial charge in [-0.1, -0.05) is 52.0 Å². The molecular weight excluding hydrogens is 360 g/mol. The molecule has 0 saturated heterocycles. The highest BCUT2D eigenvalue weighted by atomic mass is 32.2. The average molecular weight is 389 g/mol. The molecule has 0 spiro atoms. The summed E-state index contributed by atoms with van der Waals surface area (Å²) < 4.78 is 27.7. The molecule has 0 atom stereocenters. The zero-order chi connectivity index (χ0) is 20.2. The van der Waals surface area contributed by atoms with Gasteiger partial charge in [-0.15, -0.1) is 0 Å². The molecule has 146 valence electrons. The van der Waals surface area contributed by atoms with Gasteiger partial charge in [-0.25, -0.2) is 8.42 Å². The fourth-order valence-electron chi connectivity index (χ4n) is 3.13. The van der Waals surface area contributed by atoms with E-state index >= 15 is 0 Å². The third-order valence-corrected chi connectivity index (χ3v) is 5.99. The van der Waals surface area contributed by atoms with Crippen LogP contribution in [0.5, 0.6) is 0 Å². The molecule has 1 amide bonds. The van der Waals surface area contributed by atoms with E-state index in [1.54, 1.807) is 43.3 Å². The second-order valence-electron chi connectivity index (χ2n) is 7.38. The van der Waals surface area contributed by atoms with Crippen LogP contribution in [0.1, 0.15) is 43.6 Å². The Balaban J connectivity index is 2.29. The van der Waals surface area contributed by atoms with E-state index in [4.69, 9.17) is 0 Å². The number of carbonyl (C=O) groups excluding carboxylic acids is 1. The third kappa shape index (κ3) is 5.10. The molecular formula is C21H28N2O3S. The maximum Gasteiger partial charge on any atom is 0.261 e. The standard InChI is InChI=1S/C21H28N2O3S/c1-14(2)20(15(3)4)22-21(24)18-12-9-13-19(16(18)5)23-27(25,26)17-10-7-6-8-11-17/h6-15,20,23H,1-5H3,(H,22,24). The van der Waals surface area contributed by atoms with E-state index in [9.17, 15) is 13.2 Å². The van der Waals surface area contributed by atoms with Crippen molar-refractivity contribution in [2.75, 3.05) is 4.72 Å². The number of nitrogens with one attached hydrogen (secondary N) is 2. The van der Waals surface area contributed by atoms with E-state index < -0.39 is 10.0 Å². The first-order chi connectivity index (χ1) is 12.6. The Morgan fingerprint density at radius 3 is 2.04 bits per heavy atom. The molecule has 0 fully saturated rings. The van der Waals surface area contributed by atoms with E-state index in [2.05, 4.69) is 37.7 Å². The van der Waals surface area contributed by atoms with Crippen LogP contribution < -0.4 is 10.0 Å². The van der Waals surface area contributed by atoms with Crippen LogP contribution in [0.2, 0.25) is 0 Å². The molecule has 0 aliphatic heterocycles. The summed E-state index contributed by atoms with van der Waals surface area (Å²) in [5, 5.41) is 3.08. The molecule has 0 radical (unpaired) electrons. The van der Waals surface area contributed by atoms with Crippen molar-refractivity contribution in [3.63, 3.8) is 0 Å². The summed E-state index contributed by atoms with van der Waals surface area (Å²) in [6, 6.07) is 13.3. The predicted octanol–water partition coefficient (Wildman–Crippen LogP) is 4.21. The van der Waals surface area contributed by atoms with Gasteiger partial charge in [0, 0.05) is 11.6 Å². The van der Waals surface area contributed by atoms with Crippen LogP contribution in [-0.2, 0) is 10.0 Å². The maximum absolute atomic E-state index is 12.8. The summed E-state index contributed by atoms with van der Waals surface area (Å²) >= 11 is 0. The number of hydrogen-bond donors (Lipinski definition) is 2. The number of benzene rings is 2. The quantitative estimate of drug-likeness (QED) is 0.746. The molecule has 0 aliphatic carbocycles. The van der Waals surface area contributed by atoms with Crippen molar-refractivity contribution in [1.82, 2.24) is 5.32 Å². The highest BCUT2D eigenvalue weighted by Crippen LogP contribution is 2.23. The van der Waals surface area contributed by atoms with Crippen molar-refractivity contribution in [2.24, 2.45) is 11.8 Å². The summed E-state index contributed by atoms with van der Waals surface area (Å²) in [6.45, 7) is 10.0. The van der Waals surface area contributed by atoms with Crippen LogP contribution in [0.25, 0.3) is 0 Å². The smallest absolute Gasteiger partial charge is 0.261 e. The number of sulfonamides is 1. The molecule has 0 aliphatic rings. The summed E-state index contributed by atoms with van der Waals surface area (Å²) in [5.74, 6) is 0.406. The van der Waals surface area contributed by atoms with Crippen molar-refractivity contribution in [3.8, 4) is 0 Å².